The minimum absolute atomic E-state index is 0.0985. The van der Waals surface area contributed by atoms with Gasteiger partial charge in [0.1, 0.15) is 0 Å². The molecule has 26 heavy (non-hydrogen) atoms. The van der Waals surface area contributed by atoms with E-state index in [4.69, 9.17) is 11.6 Å². The summed E-state index contributed by atoms with van der Waals surface area (Å²) in [7, 11) is 6.54. The molecule has 0 unspecified atom stereocenters. The number of carbonyl (C=O) groups is 2. The summed E-state index contributed by atoms with van der Waals surface area (Å²) in [6, 6.07) is 6.76. The Morgan fingerprint density at radius 3 is 2.00 bits per heavy atom. The van der Waals surface area contributed by atoms with Crippen LogP contribution < -0.4 is 10.4 Å². The van der Waals surface area contributed by atoms with Gasteiger partial charge in [-0.1, -0.05) is 30.9 Å². The molecule has 0 aliphatic heterocycles. The van der Waals surface area contributed by atoms with E-state index >= 15 is 0 Å². The molecule has 1 amide bonds. The molecule has 0 spiro atoms. The largest absolute Gasteiger partial charge is 0.550 e. The summed E-state index contributed by atoms with van der Waals surface area (Å²) < 4.78 is 1.07. The van der Waals surface area contributed by atoms with Gasteiger partial charge in [0.15, 0.2) is 0 Å². The van der Waals surface area contributed by atoms with E-state index in [0.717, 1.165) is 30.2 Å². The number of quaternary nitrogens is 1. The average molecular weight is 385 g/mol. The average Bonchev–Trinajstić information content (AvgIpc) is 2.57. The Balaban J connectivity index is 0.000000896. The van der Waals surface area contributed by atoms with Crippen molar-refractivity contribution in [3.63, 3.8) is 0 Å². The number of rotatable bonds is 10. The number of unbranched alkanes of at least 4 members (excludes halogenated alkanes) is 4. The van der Waals surface area contributed by atoms with Gasteiger partial charge in [0.05, 0.1) is 27.7 Å². The maximum atomic E-state index is 11.7. The van der Waals surface area contributed by atoms with Crippen molar-refractivity contribution in [2.24, 2.45) is 0 Å². The number of benzene rings is 1. The highest BCUT2D eigenvalue weighted by Crippen LogP contribution is 2.09. The van der Waals surface area contributed by atoms with Gasteiger partial charge in [-0.25, -0.2) is 0 Å². The minimum Gasteiger partial charge on any atom is -0.550 e. The molecule has 1 aromatic rings. The molecule has 0 aliphatic rings. The molecule has 5 nitrogen and oxygen atoms in total. The highest BCUT2D eigenvalue weighted by Gasteiger charge is 2.03. The van der Waals surface area contributed by atoms with Crippen LogP contribution in [-0.2, 0) is 4.79 Å². The number of nitrogens with zero attached hydrogens (tertiary/aromatic N) is 1. The summed E-state index contributed by atoms with van der Waals surface area (Å²) in [6.07, 6.45) is 4.54. The molecule has 0 saturated carbocycles. The van der Waals surface area contributed by atoms with Crippen LogP contribution in [0.5, 0.6) is 0 Å². The van der Waals surface area contributed by atoms with Crippen molar-refractivity contribution in [3.05, 3.63) is 34.9 Å². The van der Waals surface area contributed by atoms with Gasteiger partial charge in [0, 0.05) is 23.1 Å². The van der Waals surface area contributed by atoms with Gasteiger partial charge in [-0.2, -0.15) is 0 Å². The number of carboxylic acids is 1. The summed E-state index contributed by atoms with van der Waals surface area (Å²) in [5.41, 5.74) is 0.600. The van der Waals surface area contributed by atoms with Gasteiger partial charge in [-0.3, -0.25) is 4.79 Å². The lowest BCUT2D eigenvalue weighted by Gasteiger charge is -2.20. The molecule has 0 fully saturated rings. The topological polar surface area (TPSA) is 69.2 Å². The minimum atomic E-state index is -0.986. The molecule has 0 aliphatic carbocycles. The van der Waals surface area contributed by atoms with E-state index in [1.54, 1.807) is 24.3 Å². The highest BCUT2D eigenvalue weighted by molar-refractivity contribution is 6.30. The van der Waals surface area contributed by atoms with Crippen molar-refractivity contribution in [2.45, 2.75) is 45.4 Å². The standard InChI is InChI=1S/C15H20ClNO3.C5H14N/c16-13-9-7-12(8-10-13)15(20)17-11-5-3-1-2-4-6-14(18)19;1-5-6(2,3)4/h7-10H,1-6,11H2,(H,17,20)(H,18,19);5H2,1-4H3/q;+1/p-1. The van der Waals surface area contributed by atoms with E-state index in [2.05, 4.69) is 33.4 Å². The van der Waals surface area contributed by atoms with Crippen LogP contribution in [0.4, 0.5) is 0 Å². The predicted octanol–water partition coefficient (Wildman–Crippen LogP) is 2.87. The molecule has 0 heterocycles. The van der Waals surface area contributed by atoms with Gasteiger partial charge >= 0.3 is 0 Å². The number of hydrogen-bond acceptors (Lipinski definition) is 3. The van der Waals surface area contributed by atoms with E-state index in [0.29, 0.717) is 23.6 Å². The SMILES string of the molecule is CC[N+](C)(C)C.O=C([O-])CCCCCCCNC(=O)c1ccc(Cl)cc1. The molecule has 0 saturated heterocycles. The molecular formula is C20H33ClN2O3. The maximum Gasteiger partial charge on any atom is 0.251 e. The van der Waals surface area contributed by atoms with Gasteiger partial charge in [0.2, 0.25) is 0 Å². The Morgan fingerprint density at radius 2 is 1.50 bits per heavy atom. The van der Waals surface area contributed by atoms with E-state index in [9.17, 15) is 14.7 Å². The number of halogens is 1. The zero-order chi connectivity index (χ0) is 20.0. The number of amides is 1. The first-order valence-corrected chi connectivity index (χ1v) is 9.57. The Kier molecular flexibility index (Phi) is 12.8. The monoisotopic (exact) mass is 384 g/mol. The molecule has 1 aromatic carbocycles. The van der Waals surface area contributed by atoms with Crippen LogP contribution in [-0.4, -0.2) is 50.6 Å². The Bertz CT molecular complexity index is 525. The maximum absolute atomic E-state index is 11.7. The van der Waals surface area contributed by atoms with Gasteiger partial charge < -0.3 is 19.7 Å². The predicted molar refractivity (Wildman–Crippen MR) is 105 cm³/mol. The van der Waals surface area contributed by atoms with Crippen molar-refractivity contribution < 1.29 is 19.2 Å². The molecule has 1 N–H and O–H groups in total. The molecule has 6 heteroatoms. The van der Waals surface area contributed by atoms with Crippen LogP contribution in [0, 0.1) is 0 Å². The molecule has 0 aromatic heterocycles. The Morgan fingerprint density at radius 1 is 1.00 bits per heavy atom. The highest BCUT2D eigenvalue weighted by atomic mass is 35.5. The van der Waals surface area contributed by atoms with Crippen molar-refractivity contribution >= 4 is 23.5 Å². The van der Waals surface area contributed by atoms with E-state index in [1.165, 1.54) is 6.54 Å². The number of carbonyl (C=O) groups excluding carboxylic acids is 2. The third-order valence-corrected chi connectivity index (χ3v) is 4.15. The molecule has 1 rings (SSSR count). The second-order valence-corrected chi connectivity index (χ2v) is 7.70. The Hall–Kier alpha value is -1.59. The van der Waals surface area contributed by atoms with Gasteiger partial charge in [-0.15, -0.1) is 0 Å². The van der Waals surface area contributed by atoms with Crippen molar-refractivity contribution in [1.82, 2.24) is 5.32 Å². The molecular weight excluding hydrogens is 352 g/mol. The molecule has 0 atom stereocenters. The third kappa shape index (κ3) is 14.7. The fourth-order valence-electron chi connectivity index (χ4n) is 1.83. The lowest BCUT2D eigenvalue weighted by Crippen LogP contribution is -2.33. The van der Waals surface area contributed by atoms with Gasteiger partial charge in [-0.05, 0) is 50.5 Å². The number of aliphatic carboxylic acids is 1. The summed E-state index contributed by atoms with van der Waals surface area (Å²) in [4.78, 5) is 21.9. The third-order valence-electron chi connectivity index (χ3n) is 3.90. The fraction of sp³-hybridized carbons (Fsp3) is 0.600. The molecule has 0 bridgehead atoms. The smallest absolute Gasteiger partial charge is 0.251 e. The number of nitrogens with one attached hydrogen (secondary N) is 1. The quantitative estimate of drug-likeness (QED) is 0.498. The summed E-state index contributed by atoms with van der Waals surface area (Å²) in [5, 5.41) is 13.6. The van der Waals surface area contributed by atoms with Crippen LogP contribution >= 0.6 is 11.6 Å². The van der Waals surface area contributed by atoms with E-state index < -0.39 is 5.97 Å². The normalized spacial score (nSPS) is 10.7. The first kappa shape index (κ1) is 24.4. The fourth-order valence-corrected chi connectivity index (χ4v) is 1.96. The van der Waals surface area contributed by atoms with Crippen LogP contribution in [0.3, 0.4) is 0 Å². The van der Waals surface area contributed by atoms with Crippen LogP contribution in [0.15, 0.2) is 24.3 Å². The first-order valence-electron chi connectivity index (χ1n) is 9.19. The van der Waals surface area contributed by atoms with Gasteiger partial charge in [0.25, 0.3) is 5.91 Å². The van der Waals surface area contributed by atoms with Crippen LogP contribution in [0.2, 0.25) is 5.02 Å². The van der Waals surface area contributed by atoms with Crippen LogP contribution in [0.25, 0.3) is 0 Å². The summed E-state index contributed by atoms with van der Waals surface area (Å²) in [6.45, 7) is 4.02. The second-order valence-electron chi connectivity index (χ2n) is 7.26. The summed E-state index contributed by atoms with van der Waals surface area (Å²) >= 11 is 5.75. The van der Waals surface area contributed by atoms with Crippen molar-refractivity contribution in [2.75, 3.05) is 34.2 Å². The summed E-state index contributed by atoms with van der Waals surface area (Å²) in [5.74, 6) is -1.08. The number of carboxylic acid groups (broad SMARTS) is 1. The number of hydrogen-bond donors (Lipinski definition) is 1. The Labute approximate surface area is 162 Å². The lowest BCUT2D eigenvalue weighted by atomic mass is 10.1. The zero-order valence-corrected chi connectivity index (χ0v) is 17.3. The van der Waals surface area contributed by atoms with E-state index in [-0.39, 0.29) is 12.3 Å². The van der Waals surface area contributed by atoms with Crippen molar-refractivity contribution in [1.29, 1.82) is 0 Å². The van der Waals surface area contributed by atoms with Crippen LogP contribution in [0.1, 0.15) is 55.8 Å². The zero-order valence-electron chi connectivity index (χ0n) is 16.5. The second kappa shape index (κ2) is 13.6. The lowest BCUT2D eigenvalue weighted by molar-refractivity contribution is -0.868. The van der Waals surface area contributed by atoms with E-state index in [1.807, 2.05) is 0 Å². The van der Waals surface area contributed by atoms with Crippen molar-refractivity contribution in [3.8, 4) is 0 Å². The first-order chi connectivity index (χ1) is 12.2. The molecule has 0 radical (unpaired) electrons. The molecule has 148 valence electrons.